The van der Waals surface area contributed by atoms with E-state index in [1.165, 1.54) is 38.5 Å². The highest BCUT2D eigenvalue weighted by molar-refractivity contribution is 4.88. The lowest BCUT2D eigenvalue weighted by Crippen LogP contribution is -2.20. The molecule has 1 radical (unpaired) electrons. The summed E-state index contributed by atoms with van der Waals surface area (Å²) in [5.41, 5.74) is 0. The van der Waals surface area contributed by atoms with Crippen LogP contribution < -0.4 is 0 Å². The Morgan fingerprint density at radius 1 is 1.11 bits per heavy atom. The number of rotatable bonds is 0. The fraction of sp³-hybridized carbons (Fsp3) is 0.889. The Labute approximate surface area is 57.6 Å². The van der Waals surface area contributed by atoms with Gasteiger partial charge in [-0.2, -0.15) is 0 Å². The van der Waals surface area contributed by atoms with Crippen LogP contribution in [0.5, 0.6) is 0 Å². The zero-order valence-electron chi connectivity index (χ0n) is 5.97. The largest absolute Gasteiger partial charge is 0.0528 e. The van der Waals surface area contributed by atoms with E-state index in [4.69, 9.17) is 0 Å². The first-order chi connectivity index (χ1) is 4.45. The average molecular weight is 123 g/mol. The highest BCUT2D eigenvalue weighted by atomic mass is 14.3. The minimum absolute atomic E-state index is 1.03. The van der Waals surface area contributed by atoms with E-state index in [2.05, 4.69) is 6.42 Å². The van der Waals surface area contributed by atoms with Gasteiger partial charge in [0.2, 0.25) is 0 Å². The molecule has 2 bridgehead atoms. The summed E-state index contributed by atoms with van der Waals surface area (Å²) in [7, 11) is 0. The van der Waals surface area contributed by atoms with Crippen molar-refractivity contribution in [3.8, 4) is 0 Å². The lowest BCUT2D eigenvalue weighted by atomic mass is 9.72. The summed E-state index contributed by atoms with van der Waals surface area (Å²) in [6, 6.07) is 0. The molecule has 2 fully saturated rings. The second-order valence-electron chi connectivity index (χ2n) is 3.61. The van der Waals surface area contributed by atoms with Gasteiger partial charge < -0.3 is 0 Å². The molecular weight excluding hydrogens is 108 g/mol. The molecule has 2 atom stereocenters. The predicted octanol–water partition coefficient (Wildman–Crippen LogP) is 2.79. The second-order valence-corrected chi connectivity index (χ2v) is 3.61. The van der Waals surface area contributed by atoms with Gasteiger partial charge in [0, 0.05) is 0 Å². The Morgan fingerprint density at radius 2 is 2.11 bits per heavy atom. The first-order valence-corrected chi connectivity index (χ1v) is 4.28. The van der Waals surface area contributed by atoms with Gasteiger partial charge in [-0.3, -0.25) is 0 Å². The summed E-state index contributed by atoms with van der Waals surface area (Å²) in [4.78, 5) is 0. The van der Waals surface area contributed by atoms with Gasteiger partial charge in [-0.05, 0) is 31.1 Å². The van der Waals surface area contributed by atoms with Gasteiger partial charge >= 0.3 is 0 Å². The standard InChI is InChI=1S/C9H15/c1-3-8-5-2-6-9(4-1)7-8/h3,8-9H,1-2,4-7H2. The van der Waals surface area contributed by atoms with E-state index in [9.17, 15) is 0 Å². The molecule has 0 spiro atoms. The number of fused-ring (bicyclic) bond motifs is 2. The van der Waals surface area contributed by atoms with E-state index in [-0.39, 0.29) is 0 Å². The summed E-state index contributed by atoms with van der Waals surface area (Å²) in [5.74, 6) is 2.14. The van der Waals surface area contributed by atoms with Crippen molar-refractivity contribution in [1.29, 1.82) is 0 Å². The second kappa shape index (κ2) is 2.32. The van der Waals surface area contributed by atoms with Gasteiger partial charge in [-0.15, -0.1) is 0 Å². The Morgan fingerprint density at radius 3 is 2.89 bits per heavy atom. The smallest absolute Gasteiger partial charge is 0.0355 e. The molecule has 0 heteroatoms. The zero-order valence-corrected chi connectivity index (χ0v) is 5.97. The Kier molecular flexibility index (Phi) is 1.48. The molecule has 2 saturated carbocycles. The Balaban J connectivity index is 1.96. The Bertz CT molecular complexity index is 76.2. The molecule has 2 aliphatic rings. The molecule has 0 heterocycles. The highest BCUT2D eigenvalue weighted by Gasteiger charge is 2.25. The van der Waals surface area contributed by atoms with E-state index in [0.717, 1.165) is 11.8 Å². The van der Waals surface area contributed by atoms with Crippen molar-refractivity contribution >= 4 is 0 Å². The molecule has 0 aromatic heterocycles. The van der Waals surface area contributed by atoms with Crippen LogP contribution in [0.4, 0.5) is 0 Å². The van der Waals surface area contributed by atoms with Gasteiger partial charge in [0.15, 0.2) is 0 Å². The first kappa shape index (κ1) is 5.76. The van der Waals surface area contributed by atoms with E-state index < -0.39 is 0 Å². The lowest BCUT2D eigenvalue weighted by molar-refractivity contribution is 0.237. The topological polar surface area (TPSA) is 0 Å². The van der Waals surface area contributed by atoms with Crippen LogP contribution in [-0.2, 0) is 0 Å². The van der Waals surface area contributed by atoms with Crippen LogP contribution in [0.2, 0.25) is 0 Å². The molecule has 0 aromatic rings. The SMILES string of the molecule is [CH]1CCC2CCCC1C2. The maximum atomic E-state index is 2.55. The fourth-order valence-corrected chi connectivity index (χ4v) is 2.38. The molecule has 0 N–H and O–H groups in total. The average Bonchev–Trinajstić information content (AvgIpc) is 1.88. The van der Waals surface area contributed by atoms with Crippen molar-refractivity contribution in [2.45, 2.75) is 38.5 Å². The summed E-state index contributed by atoms with van der Waals surface area (Å²) in [5, 5.41) is 0. The minimum Gasteiger partial charge on any atom is -0.0528 e. The van der Waals surface area contributed by atoms with Crippen LogP contribution in [0.1, 0.15) is 38.5 Å². The van der Waals surface area contributed by atoms with Crippen molar-refractivity contribution in [2.24, 2.45) is 11.8 Å². The Hall–Kier alpha value is 0. The molecule has 2 unspecified atom stereocenters. The summed E-state index contributed by atoms with van der Waals surface area (Å²) < 4.78 is 0. The van der Waals surface area contributed by atoms with Crippen LogP contribution in [0, 0.1) is 18.3 Å². The van der Waals surface area contributed by atoms with Crippen molar-refractivity contribution in [3.05, 3.63) is 6.42 Å². The normalized spacial score (nSPS) is 42.7. The van der Waals surface area contributed by atoms with E-state index in [0.29, 0.717) is 0 Å². The van der Waals surface area contributed by atoms with Crippen LogP contribution >= 0.6 is 0 Å². The van der Waals surface area contributed by atoms with Gasteiger partial charge in [0.1, 0.15) is 0 Å². The molecule has 0 nitrogen and oxygen atoms in total. The van der Waals surface area contributed by atoms with Crippen molar-refractivity contribution in [3.63, 3.8) is 0 Å². The van der Waals surface area contributed by atoms with E-state index >= 15 is 0 Å². The van der Waals surface area contributed by atoms with Crippen molar-refractivity contribution in [1.82, 2.24) is 0 Å². The van der Waals surface area contributed by atoms with E-state index in [1.807, 2.05) is 0 Å². The van der Waals surface area contributed by atoms with Crippen LogP contribution in [0.25, 0.3) is 0 Å². The van der Waals surface area contributed by atoms with Gasteiger partial charge in [-0.1, -0.05) is 25.7 Å². The molecule has 0 aromatic carbocycles. The maximum absolute atomic E-state index is 2.55. The third-order valence-electron chi connectivity index (χ3n) is 2.90. The van der Waals surface area contributed by atoms with Crippen LogP contribution in [0.15, 0.2) is 0 Å². The maximum Gasteiger partial charge on any atom is -0.0355 e. The molecule has 0 aliphatic heterocycles. The van der Waals surface area contributed by atoms with Gasteiger partial charge in [0.25, 0.3) is 0 Å². The molecule has 2 rings (SSSR count). The molecule has 9 heavy (non-hydrogen) atoms. The van der Waals surface area contributed by atoms with Crippen molar-refractivity contribution in [2.75, 3.05) is 0 Å². The van der Waals surface area contributed by atoms with Gasteiger partial charge in [-0.25, -0.2) is 0 Å². The monoisotopic (exact) mass is 123 g/mol. The molecule has 51 valence electrons. The van der Waals surface area contributed by atoms with Gasteiger partial charge in [0.05, 0.1) is 0 Å². The molecule has 2 aliphatic carbocycles. The predicted molar refractivity (Wildman–Crippen MR) is 39.0 cm³/mol. The van der Waals surface area contributed by atoms with Crippen molar-refractivity contribution < 1.29 is 0 Å². The molecular formula is C9H15. The third-order valence-corrected chi connectivity index (χ3v) is 2.90. The summed E-state index contributed by atoms with van der Waals surface area (Å²) in [6.07, 6.45) is 11.5. The number of hydrogen-bond donors (Lipinski definition) is 0. The summed E-state index contributed by atoms with van der Waals surface area (Å²) in [6.45, 7) is 0. The quantitative estimate of drug-likeness (QED) is 0.464. The fourth-order valence-electron chi connectivity index (χ4n) is 2.38. The highest BCUT2D eigenvalue weighted by Crippen LogP contribution is 2.38. The van der Waals surface area contributed by atoms with E-state index in [1.54, 1.807) is 0 Å². The lowest BCUT2D eigenvalue weighted by Gasteiger charge is -2.33. The molecule has 0 saturated heterocycles. The first-order valence-electron chi connectivity index (χ1n) is 4.28. The zero-order chi connectivity index (χ0) is 6.10. The third kappa shape index (κ3) is 1.12. The minimum atomic E-state index is 1.03. The van der Waals surface area contributed by atoms with Crippen LogP contribution in [0.3, 0.4) is 0 Å². The summed E-state index contributed by atoms with van der Waals surface area (Å²) >= 11 is 0. The van der Waals surface area contributed by atoms with Crippen LogP contribution in [-0.4, -0.2) is 0 Å². The number of hydrogen-bond acceptors (Lipinski definition) is 0. The molecule has 0 amide bonds.